The Balaban J connectivity index is 1.62. The first-order chi connectivity index (χ1) is 14.0. The zero-order valence-electron chi connectivity index (χ0n) is 17.7. The van der Waals surface area contributed by atoms with E-state index in [1.807, 2.05) is 50.4 Å². The maximum absolute atomic E-state index is 13.1. The number of nitrogens with zero attached hydrogens (tertiary/aromatic N) is 3. The number of carbonyl (C=O) groups excluding carboxylic acids is 2. The number of likely N-dealkylation sites (N-methyl/N-ethyl adjacent to an activating group) is 1. The van der Waals surface area contributed by atoms with Gasteiger partial charge in [0.1, 0.15) is 6.04 Å². The number of amides is 2. The largest absolute Gasteiger partial charge is 0.344 e. The Morgan fingerprint density at radius 3 is 2.52 bits per heavy atom. The topological polar surface area (TPSA) is 67.2 Å². The summed E-state index contributed by atoms with van der Waals surface area (Å²) in [4.78, 5) is 27.4. The Labute approximate surface area is 173 Å². The molecule has 1 aliphatic carbocycles. The molecule has 6 nitrogen and oxygen atoms in total. The number of hydrogen-bond donors (Lipinski definition) is 1. The van der Waals surface area contributed by atoms with E-state index < -0.39 is 6.04 Å². The van der Waals surface area contributed by atoms with Crippen LogP contribution in [0, 0.1) is 11.8 Å². The van der Waals surface area contributed by atoms with Gasteiger partial charge in [0.2, 0.25) is 11.8 Å². The van der Waals surface area contributed by atoms with E-state index in [1.165, 1.54) is 6.42 Å². The maximum atomic E-state index is 13.1. The van der Waals surface area contributed by atoms with E-state index in [-0.39, 0.29) is 23.7 Å². The van der Waals surface area contributed by atoms with E-state index in [0.29, 0.717) is 6.54 Å². The van der Waals surface area contributed by atoms with Crippen molar-refractivity contribution in [2.75, 3.05) is 7.05 Å². The van der Waals surface area contributed by atoms with Crippen LogP contribution in [-0.4, -0.2) is 39.6 Å². The van der Waals surface area contributed by atoms with Crippen molar-refractivity contribution in [1.29, 1.82) is 0 Å². The molecule has 2 aromatic rings. The Kier molecular flexibility index (Phi) is 7.07. The molecular weight excluding hydrogens is 364 g/mol. The predicted octanol–water partition coefficient (Wildman–Crippen LogP) is 3.55. The SMILES string of the molecule is CC(C)C(NC(=O)C1CCCCC1)C(=O)N(C)Cc1cnn(-c2ccccc2)c1. The van der Waals surface area contributed by atoms with E-state index in [9.17, 15) is 9.59 Å². The molecular formula is C23H32N4O2. The lowest BCUT2D eigenvalue weighted by molar-refractivity contribution is -0.138. The minimum atomic E-state index is -0.501. The van der Waals surface area contributed by atoms with Gasteiger partial charge in [0.05, 0.1) is 11.9 Å². The van der Waals surface area contributed by atoms with Crippen LogP contribution in [-0.2, 0) is 16.1 Å². The first kappa shape index (κ1) is 21.1. The Morgan fingerprint density at radius 2 is 1.86 bits per heavy atom. The summed E-state index contributed by atoms with van der Waals surface area (Å²) in [7, 11) is 1.78. The number of aromatic nitrogens is 2. The van der Waals surface area contributed by atoms with Crippen LogP contribution in [0.2, 0.25) is 0 Å². The third kappa shape index (κ3) is 5.46. The molecule has 3 rings (SSSR count). The fraction of sp³-hybridized carbons (Fsp3) is 0.522. The number of carbonyl (C=O) groups is 2. The van der Waals surface area contributed by atoms with Gasteiger partial charge >= 0.3 is 0 Å². The zero-order chi connectivity index (χ0) is 20.8. The molecule has 29 heavy (non-hydrogen) atoms. The quantitative estimate of drug-likeness (QED) is 0.778. The molecule has 1 N–H and O–H groups in total. The van der Waals surface area contributed by atoms with Gasteiger partial charge in [-0.05, 0) is 30.9 Å². The third-order valence-electron chi connectivity index (χ3n) is 5.66. The van der Waals surface area contributed by atoms with Crippen molar-refractivity contribution in [2.45, 2.75) is 58.5 Å². The maximum Gasteiger partial charge on any atom is 0.245 e. The monoisotopic (exact) mass is 396 g/mol. The molecule has 1 aliphatic rings. The van der Waals surface area contributed by atoms with Gasteiger partial charge in [-0.1, -0.05) is 51.3 Å². The van der Waals surface area contributed by atoms with Crippen molar-refractivity contribution in [3.63, 3.8) is 0 Å². The van der Waals surface area contributed by atoms with Crippen LogP contribution in [0.4, 0.5) is 0 Å². The van der Waals surface area contributed by atoms with Gasteiger partial charge in [-0.25, -0.2) is 4.68 Å². The lowest BCUT2D eigenvalue weighted by atomic mass is 9.88. The summed E-state index contributed by atoms with van der Waals surface area (Å²) in [6.45, 7) is 4.41. The van der Waals surface area contributed by atoms with Gasteiger partial charge in [0, 0.05) is 31.3 Å². The van der Waals surface area contributed by atoms with E-state index >= 15 is 0 Å². The molecule has 0 spiro atoms. The molecule has 1 atom stereocenters. The van der Waals surface area contributed by atoms with Crippen LogP contribution in [0.25, 0.3) is 5.69 Å². The summed E-state index contributed by atoms with van der Waals surface area (Å²) < 4.78 is 1.80. The highest BCUT2D eigenvalue weighted by molar-refractivity contribution is 5.88. The molecule has 0 radical (unpaired) electrons. The molecule has 1 heterocycles. The average Bonchev–Trinajstić information content (AvgIpc) is 3.21. The smallest absolute Gasteiger partial charge is 0.245 e. The summed E-state index contributed by atoms with van der Waals surface area (Å²) in [5, 5.41) is 7.43. The Bertz CT molecular complexity index is 809. The molecule has 1 unspecified atom stereocenters. The van der Waals surface area contributed by atoms with Crippen LogP contribution >= 0.6 is 0 Å². The Hall–Kier alpha value is -2.63. The van der Waals surface area contributed by atoms with Crippen LogP contribution in [0.5, 0.6) is 0 Å². The standard InChI is InChI=1S/C23H32N4O2/c1-17(2)21(25-22(28)19-10-6-4-7-11-19)23(29)26(3)15-18-14-24-27(16-18)20-12-8-5-9-13-20/h5,8-9,12-14,16-17,19,21H,4,6-7,10-11,15H2,1-3H3,(H,25,28). The first-order valence-electron chi connectivity index (χ1n) is 10.6. The van der Waals surface area contributed by atoms with Gasteiger partial charge in [-0.2, -0.15) is 5.10 Å². The van der Waals surface area contributed by atoms with Crippen molar-refractivity contribution >= 4 is 11.8 Å². The highest BCUT2D eigenvalue weighted by atomic mass is 16.2. The molecule has 156 valence electrons. The van der Waals surface area contributed by atoms with Crippen LogP contribution in [0.15, 0.2) is 42.7 Å². The molecule has 0 saturated heterocycles. The van der Waals surface area contributed by atoms with E-state index in [0.717, 1.165) is 36.9 Å². The minimum Gasteiger partial charge on any atom is -0.344 e. The van der Waals surface area contributed by atoms with Crippen LogP contribution in [0.1, 0.15) is 51.5 Å². The van der Waals surface area contributed by atoms with Crippen molar-refractivity contribution in [3.05, 3.63) is 48.3 Å². The number of nitrogens with one attached hydrogen (secondary N) is 1. The fourth-order valence-corrected chi connectivity index (χ4v) is 3.90. The highest BCUT2D eigenvalue weighted by Gasteiger charge is 2.30. The van der Waals surface area contributed by atoms with E-state index in [1.54, 1.807) is 22.8 Å². The molecule has 1 fully saturated rings. The Morgan fingerprint density at radius 1 is 1.17 bits per heavy atom. The molecule has 0 aliphatic heterocycles. The summed E-state index contributed by atoms with van der Waals surface area (Å²) in [6.07, 6.45) is 8.98. The third-order valence-corrected chi connectivity index (χ3v) is 5.66. The lowest BCUT2D eigenvalue weighted by Gasteiger charge is -2.29. The lowest BCUT2D eigenvalue weighted by Crippen LogP contribution is -2.51. The van der Waals surface area contributed by atoms with Crippen molar-refractivity contribution in [3.8, 4) is 5.69 Å². The molecule has 2 amide bonds. The van der Waals surface area contributed by atoms with Gasteiger partial charge in [0.15, 0.2) is 0 Å². The summed E-state index contributed by atoms with van der Waals surface area (Å²) in [5.41, 5.74) is 1.93. The number of benzene rings is 1. The summed E-state index contributed by atoms with van der Waals surface area (Å²) in [6, 6.07) is 9.37. The molecule has 0 bridgehead atoms. The van der Waals surface area contributed by atoms with E-state index in [4.69, 9.17) is 0 Å². The fourth-order valence-electron chi connectivity index (χ4n) is 3.90. The number of hydrogen-bond acceptors (Lipinski definition) is 3. The van der Waals surface area contributed by atoms with Crippen LogP contribution < -0.4 is 5.32 Å². The number of para-hydroxylation sites is 1. The zero-order valence-corrected chi connectivity index (χ0v) is 17.7. The number of rotatable bonds is 7. The van der Waals surface area contributed by atoms with Gasteiger partial charge in [0.25, 0.3) is 0 Å². The van der Waals surface area contributed by atoms with Gasteiger partial charge < -0.3 is 10.2 Å². The second-order valence-electron chi connectivity index (χ2n) is 8.39. The second kappa shape index (κ2) is 9.72. The molecule has 1 aromatic carbocycles. The average molecular weight is 397 g/mol. The molecule has 1 saturated carbocycles. The van der Waals surface area contributed by atoms with Crippen molar-refractivity contribution in [1.82, 2.24) is 20.0 Å². The van der Waals surface area contributed by atoms with Gasteiger partial charge in [-0.3, -0.25) is 9.59 Å². The normalized spacial score (nSPS) is 15.9. The minimum absolute atomic E-state index is 0.0297. The second-order valence-corrected chi connectivity index (χ2v) is 8.39. The summed E-state index contributed by atoms with van der Waals surface area (Å²) >= 11 is 0. The first-order valence-corrected chi connectivity index (χ1v) is 10.6. The van der Waals surface area contributed by atoms with Crippen LogP contribution in [0.3, 0.4) is 0 Å². The molecule has 6 heteroatoms. The predicted molar refractivity (Wildman–Crippen MR) is 113 cm³/mol. The van der Waals surface area contributed by atoms with Crippen molar-refractivity contribution < 1.29 is 9.59 Å². The highest BCUT2D eigenvalue weighted by Crippen LogP contribution is 2.24. The van der Waals surface area contributed by atoms with E-state index in [2.05, 4.69) is 10.4 Å². The van der Waals surface area contributed by atoms with Crippen molar-refractivity contribution in [2.24, 2.45) is 11.8 Å². The summed E-state index contributed by atoms with van der Waals surface area (Å²) in [5.74, 6) is 0.0513. The molecule has 1 aromatic heterocycles. The van der Waals surface area contributed by atoms with Gasteiger partial charge in [-0.15, -0.1) is 0 Å².